The standard InChI is InChI=1S/C14H23N3O2.HI/c1-5-18-12-8-7-11(9-13(12)19-6-2)10(3)17-14(15)16-4;/h7-10H,5-6H2,1-4H3,(H3,15,16,17);1H. The van der Waals surface area contributed by atoms with Gasteiger partial charge in [0.2, 0.25) is 0 Å². The predicted octanol–water partition coefficient (Wildman–Crippen LogP) is 2.70. The van der Waals surface area contributed by atoms with Crippen molar-refractivity contribution in [2.75, 3.05) is 20.3 Å². The van der Waals surface area contributed by atoms with E-state index >= 15 is 0 Å². The first kappa shape index (κ1) is 18.8. The van der Waals surface area contributed by atoms with Crippen LogP contribution in [0, 0.1) is 0 Å². The van der Waals surface area contributed by atoms with Gasteiger partial charge in [-0.1, -0.05) is 6.07 Å². The van der Waals surface area contributed by atoms with Gasteiger partial charge in [-0.15, -0.1) is 24.0 Å². The van der Waals surface area contributed by atoms with Crippen LogP contribution in [0.2, 0.25) is 0 Å². The maximum Gasteiger partial charge on any atom is 0.188 e. The number of hydrogen-bond acceptors (Lipinski definition) is 3. The summed E-state index contributed by atoms with van der Waals surface area (Å²) >= 11 is 0. The maximum atomic E-state index is 5.67. The number of aliphatic imine (C=N–C) groups is 1. The average Bonchev–Trinajstić information content (AvgIpc) is 2.41. The Morgan fingerprint density at radius 1 is 1.25 bits per heavy atom. The number of nitrogens with one attached hydrogen (secondary N) is 1. The van der Waals surface area contributed by atoms with Gasteiger partial charge in [0.25, 0.3) is 0 Å². The summed E-state index contributed by atoms with van der Waals surface area (Å²) in [6, 6.07) is 5.93. The van der Waals surface area contributed by atoms with Crippen molar-refractivity contribution in [1.82, 2.24) is 5.32 Å². The van der Waals surface area contributed by atoms with Gasteiger partial charge in [-0.05, 0) is 38.5 Å². The molecule has 0 amide bonds. The fourth-order valence-corrected chi connectivity index (χ4v) is 1.71. The summed E-state index contributed by atoms with van der Waals surface area (Å²) in [4.78, 5) is 3.89. The van der Waals surface area contributed by atoms with Crippen LogP contribution < -0.4 is 20.5 Å². The molecule has 0 heterocycles. The lowest BCUT2D eigenvalue weighted by molar-refractivity contribution is 0.287. The number of ether oxygens (including phenoxy) is 2. The van der Waals surface area contributed by atoms with E-state index in [1.54, 1.807) is 7.05 Å². The van der Waals surface area contributed by atoms with Crippen LogP contribution in [0.3, 0.4) is 0 Å². The lowest BCUT2D eigenvalue weighted by Gasteiger charge is -2.17. The highest BCUT2D eigenvalue weighted by atomic mass is 127. The number of nitrogens with zero attached hydrogens (tertiary/aromatic N) is 1. The van der Waals surface area contributed by atoms with E-state index in [0.29, 0.717) is 19.2 Å². The van der Waals surface area contributed by atoms with Gasteiger partial charge in [-0.3, -0.25) is 4.99 Å². The van der Waals surface area contributed by atoms with Gasteiger partial charge in [0.05, 0.1) is 19.3 Å². The molecule has 0 radical (unpaired) electrons. The molecule has 6 heteroatoms. The van der Waals surface area contributed by atoms with Gasteiger partial charge in [-0.25, -0.2) is 0 Å². The summed E-state index contributed by atoms with van der Waals surface area (Å²) in [5.74, 6) is 1.93. The van der Waals surface area contributed by atoms with Gasteiger partial charge in [0.1, 0.15) is 0 Å². The number of halogens is 1. The third kappa shape index (κ3) is 5.44. The molecule has 0 saturated carbocycles. The molecule has 1 rings (SSSR count). The van der Waals surface area contributed by atoms with Crippen LogP contribution in [0.25, 0.3) is 0 Å². The predicted molar refractivity (Wildman–Crippen MR) is 93.3 cm³/mol. The Balaban J connectivity index is 0.00000361. The molecule has 0 fully saturated rings. The van der Waals surface area contributed by atoms with Crippen LogP contribution in [-0.4, -0.2) is 26.2 Å². The van der Waals surface area contributed by atoms with E-state index in [9.17, 15) is 0 Å². The molecule has 1 aromatic carbocycles. The van der Waals surface area contributed by atoms with Crippen LogP contribution in [0.4, 0.5) is 0 Å². The minimum absolute atomic E-state index is 0. The smallest absolute Gasteiger partial charge is 0.188 e. The Kier molecular flexibility index (Phi) is 9.11. The van der Waals surface area contributed by atoms with Crippen LogP contribution in [0.1, 0.15) is 32.4 Å². The molecule has 5 nitrogen and oxygen atoms in total. The van der Waals surface area contributed by atoms with Crippen molar-refractivity contribution in [1.29, 1.82) is 0 Å². The van der Waals surface area contributed by atoms with E-state index < -0.39 is 0 Å². The van der Waals surface area contributed by atoms with Crippen molar-refractivity contribution in [3.05, 3.63) is 23.8 Å². The fraction of sp³-hybridized carbons (Fsp3) is 0.500. The SMILES string of the molecule is CCOc1ccc(C(C)NC(N)=NC)cc1OCC.I. The van der Waals surface area contributed by atoms with Gasteiger partial charge >= 0.3 is 0 Å². The molecule has 114 valence electrons. The quantitative estimate of drug-likeness (QED) is 0.443. The summed E-state index contributed by atoms with van der Waals surface area (Å²) in [5.41, 5.74) is 6.74. The second-order valence-electron chi connectivity index (χ2n) is 4.05. The molecule has 1 unspecified atom stereocenters. The number of rotatable bonds is 6. The largest absolute Gasteiger partial charge is 0.490 e. The van der Waals surface area contributed by atoms with E-state index in [4.69, 9.17) is 15.2 Å². The zero-order valence-corrected chi connectivity index (χ0v) is 14.8. The molecule has 20 heavy (non-hydrogen) atoms. The Labute approximate surface area is 138 Å². The number of hydrogen-bond donors (Lipinski definition) is 2. The Morgan fingerprint density at radius 3 is 2.40 bits per heavy atom. The molecule has 0 aliphatic carbocycles. The minimum atomic E-state index is 0. The lowest BCUT2D eigenvalue weighted by Crippen LogP contribution is -2.33. The summed E-state index contributed by atoms with van der Waals surface area (Å²) in [6.07, 6.45) is 0. The monoisotopic (exact) mass is 393 g/mol. The van der Waals surface area contributed by atoms with Gasteiger partial charge in [0, 0.05) is 7.05 Å². The molecule has 0 saturated heterocycles. The molecule has 0 bridgehead atoms. The topological polar surface area (TPSA) is 68.9 Å². The third-order valence-electron chi connectivity index (χ3n) is 2.67. The normalized spacial score (nSPS) is 12.3. The van der Waals surface area contributed by atoms with Crippen molar-refractivity contribution in [3.63, 3.8) is 0 Å². The first-order chi connectivity index (χ1) is 9.12. The molecule has 3 N–H and O–H groups in total. The van der Waals surface area contributed by atoms with Gasteiger partial charge in [-0.2, -0.15) is 0 Å². The summed E-state index contributed by atoms with van der Waals surface area (Å²) in [6.45, 7) is 7.13. The van der Waals surface area contributed by atoms with Crippen molar-refractivity contribution in [2.45, 2.75) is 26.8 Å². The summed E-state index contributed by atoms with van der Waals surface area (Å²) in [7, 11) is 1.65. The first-order valence-corrected chi connectivity index (χ1v) is 6.50. The second kappa shape index (κ2) is 9.68. The lowest BCUT2D eigenvalue weighted by atomic mass is 10.1. The van der Waals surface area contributed by atoms with Crippen molar-refractivity contribution >= 4 is 29.9 Å². The van der Waals surface area contributed by atoms with Crippen molar-refractivity contribution in [2.24, 2.45) is 10.7 Å². The molecular formula is C14H24IN3O2. The maximum absolute atomic E-state index is 5.67. The highest BCUT2D eigenvalue weighted by Crippen LogP contribution is 2.30. The molecule has 0 spiro atoms. The molecule has 0 aliphatic rings. The number of nitrogens with two attached hydrogens (primary N) is 1. The fourth-order valence-electron chi connectivity index (χ4n) is 1.71. The number of benzene rings is 1. The molecule has 1 atom stereocenters. The van der Waals surface area contributed by atoms with Crippen LogP contribution in [0.15, 0.2) is 23.2 Å². The third-order valence-corrected chi connectivity index (χ3v) is 2.67. The van der Waals surface area contributed by atoms with Gasteiger partial charge in [0.15, 0.2) is 17.5 Å². The summed E-state index contributed by atoms with van der Waals surface area (Å²) in [5, 5.41) is 3.10. The second-order valence-corrected chi connectivity index (χ2v) is 4.05. The Bertz CT molecular complexity index is 438. The van der Waals surface area contributed by atoms with E-state index in [2.05, 4.69) is 10.3 Å². The summed E-state index contributed by atoms with van der Waals surface area (Å²) < 4.78 is 11.1. The van der Waals surface area contributed by atoms with Crippen LogP contribution >= 0.6 is 24.0 Å². The highest BCUT2D eigenvalue weighted by Gasteiger charge is 2.11. The first-order valence-electron chi connectivity index (χ1n) is 6.50. The van der Waals surface area contributed by atoms with E-state index in [1.165, 1.54) is 0 Å². The van der Waals surface area contributed by atoms with Crippen LogP contribution in [0.5, 0.6) is 11.5 Å². The minimum Gasteiger partial charge on any atom is -0.490 e. The zero-order chi connectivity index (χ0) is 14.3. The molecule has 1 aromatic rings. The Hall–Kier alpha value is -1.18. The van der Waals surface area contributed by atoms with E-state index in [0.717, 1.165) is 17.1 Å². The average molecular weight is 393 g/mol. The number of guanidine groups is 1. The Morgan fingerprint density at radius 2 is 1.85 bits per heavy atom. The van der Waals surface area contributed by atoms with Crippen LogP contribution in [-0.2, 0) is 0 Å². The van der Waals surface area contributed by atoms with Gasteiger partial charge < -0.3 is 20.5 Å². The van der Waals surface area contributed by atoms with Crippen molar-refractivity contribution in [3.8, 4) is 11.5 Å². The zero-order valence-electron chi connectivity index (χ0n) is 12.5. The molecule has 0 aromatic heterocycles. The highest BCUT2D eigenvalue weighted by molar-refractivity contribution is 14.0. The van der Waals surface area contributed by atoms with Crippen molar-refractivity contribution < 1.29 is 9.47 Å². The molecular weight excluding hydrogens is 369 g/mol. The van der Waals surface area contributed by atoms with E-state index in [-0.39, 0.29) is 30.0 Å². The van der Waals surface area contributed by atoms with E-state index in [1.807, 2.05) is 39.0 Å². The molecule has 0 aliphatic heterocycles.